The summed E-state index contributed by atoms with van der Waals surface area (Å²) in [5, 5.41) is 11.4. The summed E-state index contributed by atoms with van der Waals surface area (Å²) in [4.78, 5) is 22.3. The van der Waals surface area contributed by atoms with Crippen molar-refractivity contribution >= 4 is 29.2 Å². The molecule has 0 spiro atoms. The molecule has 0 aliphatic heterocycles. The van der Waals surface area contributed by atoms with Gasteiger partial charge in [0.05, 0.1) is 24.9 Å². The Bertz CT molecular complexity index is 503. The lowest BCUT2D eigenvalue weighted by molar-refractivity contribution is -0.144. The van der Waals surface area contributed by atoms with Crippen LogP contribution < -0.4 is 14.8 Å². The standard InChI is InChI=1S/C12H14ClNO5/c1-6(12(16)17)11(15)14-8-5-10(19-3)9(18-2)4-7(8)13/h4-6H,1-3H3,(H,14,15)(H,16,17). The quantitative estimate of drug-likeness (QED) is 0.809. The highest BCUT2D eigenvalue weighted by Gasteiger charge is 2.22. The molecule has 0 heterocycles. The third-order valence-corrected chi connectivity index (χ3v) is 2.81. The number of carboxylic acids is 1. The van der Waals surface area contributed by atoms with Gasteiger partial charge in [-0.05, 0) is 6.92 Å². The predicted molar refractivity (Wildman–Crippen MR) is 70.0 cm³/mol. The molecule has 1 rings (SSSR count). The van der Waals surface area contributed by atoms with Crippen LogP contribution in [0.4, 0.5) is 5.69 Å². The lowest BCUT2D eigenvalue weighted by atomic mass is 10.1. The number of benzene rings is 1. The summed E-state index contributed by atoms with van der Waals surface area (Å²) in [6, 6.07) is 2.94. The Kier molecular flexibility index (Phi) is 5.00. The molecule has 0 radical (unpaired) electrons. The van der Waals surface area contributed by atoms with Crippen molar-refractivity contribution in [1.29, 1.82) is 0 Å². The summed E-state index contributed by atoms with van der Waals surface area (Å²) in [5.41, 5.74) is 0.261. The number of halogens is 1. The van der Waals surface area contributed by atoms with Crippen molar-refractivity contribution in [2.24, 2.45) is 5.92 Å². The SMILES string of the molecule is COc1cc(Cl)c(NC(=O)C(C)C(=O)O)cc1OC. The second-order valence-corrected chi connectivity index (χ2v) is 4.14. The number of hydrogen-bond donors (Lipinski definition) is 2. The molecule has 7 heteroatoms. The van der Waals surface area contributed by atoms with E-state index in [4.69, 9.17) is 26.2 Å². The summed E-state index contributed by atoms with van der Waals surface area (Å²) in [7, 11) is 2.90. The minimum atomic E-state index is -1.21. The fourth-order valence-corrected chi connectivity index (χ4v) is 1.50. The van der Waals surface area contributed by atoms with E-state index in [0.29, 0.717) is 11.5 Å². The van der Waals surface area contributed by atoms with E-state index in [9.17, 15) is 9.59 Å². The van der Waals surface area contributed by atoms with Crippen LogP contribution in [-0.2, 0) is 9.59 Å². The minimum absolute atomic E-state index is 0.226. The molecule has 0 aliphatic carbocycles. The summed E-state index contributed by atoms with van der Waals surface area (Å²) >= 11 is 5.97. The third-order valence-electron chi connectivity index (χ3n) is 2.49. The normalized spacial score (nSPS) is 11.6. The number of carbonyl (C=O) groups excluding carboxylic acids is 1. The minimum Gasteiger partial charge on any atom is -0.493 e. The number of ether oxygens (including phenoxy) is 2. The van der Waals surface area contributed by atoms with Crippen LogP contribution in [0.5, 0.6) is 11.5 Å². The van der Waals surface area contributed by atoms with Gasteiger partial charge in [0.25, 0.3) is 0 Å². The van der Waals surface area contributed by atoms with Gasteiger partial charge in [0.15, 0.2) is 11.5 Å². The zero-order chi connectivity index (χ0) is 14.6. The van der Waals surface area contributed by atoms with Crippen molar-refractivity contribution in [3.8, 4) is 11.5 Å². The van der Waals surface area contributed by atoms with Crippen LogP contribution in [0.1, 0.15) is 6.92 Å². The molecule has 0 aliphatic rings. The van der Waals surface area contributed by atoms with Gasteiger partial charge in [0.2, 0.25) is 5.91 Å². The number of nitrogens with one attached hydrogen (secondary N) is 1. The molecule has 1 aromatic carbocycles. The first-order chi connectivity index (χ1) is 8.90. The first-order valence-electron chi connectivity index (χ1n) is 5.35. The molecule has 0 saturated carbocycles. The molecular formula is C12H14ClNO5. The predicted octanol–water partition coefficient (Wildman–Crippen LogP) is 2.02. The van der Waals surface area contributed by atoms with E-state index in [2.05, 4.69) is 5.32 Å². The maximum Gasteiger partial charge on any atom is 0.315 e. The first kappa shape index (κ1) is 15.1. The molecule has 2 N–H and O–H groups in total. The van der Waals surface area contributed by atoms with E-state index < -0.39 is 17.8 Å². The summed E-state index contributed by atoms with van der Waals surface area (Å²) in [6.45, 7) is 1.28. The number of amides is 1. The van der Waals surface area contributed by atoms with Crippen molar-refractivity contribution in [3.63, 3.8) is 0 Å². The highest BCUT2D eigenvalue weighted by Crippen LogP contribution is 2.36. The Morgan fingerprint density at radius 2 is 1.79 bits per heavy atom. The van der Waals surface area contributed by atoms with Gasteiger partial charge in [-0.3, -0.25) is 9.59 Å². The monoisotopic (exact) mass is 287 g/mol. The first-order valence-corrected chi connectivity index (χ1v) is 5.73. The molecule has 1 unspecified atom stereocenters. The lowest BCUT2D eigenvalue weighted by Crippen LogP contribution is -2.27. The fourth-order valence-electron chi connectivity index (χ4n) is 1.30. The number of aliphatic carboxylic acids is 1. The molecule has 1 aromatic rings. The van der Waals surface area contributed by atoms with Gasteiger partial charge in [-0.15, -0.1) is 0 Å². The molecule has 1 amide bonds. The van der Waals surface area contributed by atoms with E-state index in [1.54, 1.807) is 0 Å². The maximum absolute atomic E-state index is 11.6. The Hall–Kier alpha value is -1.95. The number of rotatable bonds is 5. The summed E-state index contributed by atoms with van der Waals surface area (Å²) < 4.78 is 10.1. The zero-order valence-electron chi connectivity index (χ0n) is 10.7. The highest BCUT2D eigenvalue weighted by atomic mass is 35.5. The van der Waals surface area contributed by atoms with Gasteiger partial charge in [-0.2, -0.15) is 0 Å². The molecule has 6 nitrogen and oxygen atoms in total. The van der Waals surface area contributed by atoms with Gasteiger partial charge in [-0.1, -0.05) is 11.6 Å². The van der Waals surface area contributed by atoms with Crippen molar-refractivity contribution in [2.45, 2.75) is 6.92 Å². The molecule has 0 fully saturated rings. The smallest absolute Gasteiger partial charge is 0.315 e. The van der Waals surface area contributed by atoms with Crippen LogP contribution in [-0.4, -0.2) is 31.2 Å². The molecule has 0 aromatic heterocycles. The van der Waals surface area contributed by atoms with Crippen LogP contribution in [0, 0.1) is 5.92 Å². The Balaban J connectivity index is 3.02. The van der Waals surface area contributed by atoms with Gasteiger partial charge < -0.3 is 19.9 Å². The second-order valence-electron chi connectivity index (χ2n) is 3.74. The largest absolute Gasteiger partial charge is 0.493 e. The molecular weight excluding hydrogens is 274 g/mol. The van der Waals surface area contributed by atoms with Crippen LogP contribution >= 0.6 is 11.6 Å². The van der Waals surface area contributed by atoms with Crippen LogP contribution in [0.15, 0.2) is 12.1 Å². The van der Waals surface area contributed by atoms with E-state index in [1.807, 2.05) is 0 Å². The van der Waals surface area contributed by atoms with Crippen molar-refractivity contribution in [3.05, 3.63) is 17.2 Å². The number of methoxy groups -OCH3 is 2. The van der Waals surface area contributed by atoms with Crippen molar-refractivity contribution in [1.82, 2.24) is 0 Å². The second kappa shape index (κ2) is 6.29. The topological polar surface area (TPSA) is 84.9 Å². The highest BCUT2D eigenvalue weighted by molar-refractivity contribution is 6.34. The molecule has 0 saturated heterocycles. The zero-order valence-corrected chi connectivity index (χ0v) is 11.4. The number of carbonyl (C=O) groups is 2. The average molecular weight is 288 g/mol. The van der Waals surface area contributed by atoms with Crippen molar-refractivity contribution < 1.29 is 24.2 Å². The molecule has 104 valence electrons. The van der Waals surface area contributed by atoms with Gasteiger partial charge in [0.1, 0.15) is 5.92 Å². The van der Waals surface area contributed by atoms with E-state index >= 15 is 0 Å². The Morgan fingerprint density at radius 1 is 1.26 bits per heavy atom. The van der Waals surface area contributed by atoms with Crippen LogP contribution in [0.3, 0.4) is 0 Å². The summed E-state index contributed by atoms with van der Waals surface area (Å²) in [5.74, 6) is -2.26. The molecule has 19 heavy (non-hydrogen) atoms. The van der Waals surface area contributed by atoms with Gasteiger partial charge in [-0.25, -0.2) is 0 Å². The lowest BCUT2D eigenvalue weighted by Gasteiger charge is -2.13. The Labute approximate surface area is 115 Å². The fraction of sp³-hybridized carbons (Fsp3) is 0.333. The number of hydrogen-bond acceptors (Lipinski definition) is 4. The third kappa shape index (κ3) is 3.51. The Morgan fingerprint density at radius 3 is 2.26 bits per heavy atom. The van der Waals surface area contributed by atoms with E-state index in [0.717, 1.165) is 0 Å². The molecule has 0 bridgehead atoms. The number of carboxylic acid groups (broad SMARTS) is 1. The van der Waals surface area contributed by atoms with Gasteiger partial charge >= 0.3 is 5.97 Å². The van der Waals surface area contributed by atoms with Crippen LogP contribution in [0.2, 0.25) is 5.02 Å². The van der Waals surface area contributed by atoms with E-state index in [-0.39, 0.29) is 10.7 Å². The average Bonchev–Trinajstić information content (AvgIpc) is 2.39. The van der Waals surface area contributed by atoms with Gasteiger partial charge in [0, 0.05) is 12.1 Å². The van der Waals surface area contributed by atoms with Crippen molar-refractivity contribution in [2.75, 3.05) is 19.5 Å². The number of anilines is 1. The van der Waals surface area contributed by atoms with Crippen LogP contribution in [0.25, 0.3) is 0 Å². The summed E-state index contributed by atoms with van der Waals surface area (Å²) in [6.07, 6.45) is 0. The van der Waals surface area contributed by atoms with E-state index in [1.165, 1.54) is 33.3 Å². The maximum atomic E-state index is 11.6. The molecule has 1 atom stereocenters.